The first-order chi connectivity index (χ1) is 4.70. The second-order valence-corrected chi connectivity index (χ2v) is 3.03. The van der Waals surface area contributed by atoms with Crippen molar-refractivity contribution in [3.8, 4) is 0 Å². The Kier molecular flexibility index (Phi) is 2.44. The first-order valence-corrected chi connectivity index (χ1v) is 3.76. The van der Waals surface area contributed by atoms with Crippen molar-refractivity contribution >= 4 is 5.78 Å². The molecule has 0 N–H and O–H groups in total. The third-order valence-corrected chi connectivity index (χ3v) is 2.08. The topological polar surface area (TPSA) is 20.3 Å². The molecule has 1 fully saturated rings. The highest BCUT2D eigenvalue weighted by atomic mass is 16.1. The van der Waals surface area contributed by atoms with Crippen molar-refractivity contribution in [2.45, 2.75) is 19.8 Å². The van der Waals surface area contributed by atoms with Gasteiger partial charge >= 0.3 is 0 Å². The molecule has 0 amide bonds. The van der Waals surface area contributed by atoms with E-state index in [1.807, 2.05) is 4.90 Å². The van der Waals surface area contributed by atoms with Gasteiger partial charge in [-0.3, -0.25) is 11.8 Å². The van der Waals surface area contributed by atoms with Gasteiger partial charge in [0.05, 0.1) is 0 Å². The lowest BCUT2D eigenvalue weighted by molar-refractivity contribution is -0.122. The minimum atomic E-state index is 0.256. The third kappa shape index (κ3) is 1.81. The molecule has 1 rings (SSSR count). The molecule has 10 heavy (non-hydrogen) atoms. The normalized spacial score (nSPS) is 28.4. The fourth-order valence-corrected chi connectivity index (χ4v) is 1.39. The fraction of sp³-hybridized carbons (Fsp3) is 0.750. The van der Waals surface area contributed by atoms with Crippen LogP contribution in [0.2, 0.25) is 0 Å². The average Bonchev–Trinajstić information content (AvgIpc) is 1.88. The second-order valence-electron chi connectivity index (χ2n) is 3.03. The summed E-state index contributed by atoms with van der Waals surface area (Å²) in [5.74, 6) is 0.569. The Balaban J connectivity index is 2.39. The van der Waals surface area contributed by atoms with Crippen molar-refractivity contribution in [3.63, 3.8) is 0 Å². The Morgan fingerprint density at radius 3 is 2.80 bits per heavy atom. The van der Waals surface area contributed by atoms with E-state index in [9.17, 15) is 4.79 Å². The molecule has 1 heterocycles. The highest BCUT2D eigenvalue weighted by Crippen LogP contribution is 2.15. The maximum Gasteiger partial charge on any atom is 0.134 e. The number of nitrogens with zero attached hydrogens (tertiary/aromatic N) is 1. The van der Waals surface area contributed by atoms with Crippen LogP contribution in [0, 0.1) is 13.0 Å². The van der Waals surface area contributed by atoms with Crippen LogP contribution in [0.3, 0.4) is 0 Å². The van der Waals surface area contributed by atoms with Crippen LogP contribution in [0.25, 0.3) is 0 Å². The van der Waals surface area contributed by atoms with Gasteiger partial charge in [-0.1, -0.05) is 0 Å². The van der Waals surface area contributed by atoms with Gasteiger partial charge in [0.2, 0.25) is 0 Å². The molecule has 0 aliphatic carbocycles. The van der Waals surface area contributed by atoms with Crippen molar-refractivity contribution in [1.82, 2.24) is 4.90 Å². The van der Waals surface area contributed by atoms with E-state index in [0.717, 1.165) is 25.9 Å². The summed E-state index contributed by atoms with van der Waals surface area (Å²) in [6, 6.07) is 0. The predicted octanol–water partition coefficient (Wildman–Crippen LogP) is 1.08. The van der Waals surface area contributed by atoms with Gasteiger partial charge in [0, 0.05) is 5.92 Å². The zero-order valence-electron chi connectivity index (χ0n) is 6.47. The number of Topliss-reactive ketones (excluding diaryl/α,β-unsaturated/α-hetero) is 1. The Hall–Kier alpha value is -0.370. The molecule has 1 aliphatic heterocycles. The standard InChI is InChI=1S/C8H14NO/c1-7(10)8-4-3-5-9(2)6-8/h8H,2-6H2,1H3/q-1. The van der Waals surface area contributed by atoms with Crippen LogP contribution in [0.15, 0.2) is 0 Å². The zero-order valence-corrected chi connectivity index (χ0v) is 6.47. The first-order valence-electron chi connectivity index (χ1n) is 3.76. The largest absolute Gasteiger partial charge is 0.459 e. The lowest BCUT2D eigenvalue weighted by atomic mass is 9.95. The molecule has 0 spiro atoms. The van der Waals surface area contributed by atoms with Crippen LogP contribution in [-0.2, 0) is 4.79 Å². The van der Waals surface area contributed by atoms with E-state index in [0.29, 0.717) is 5.78 Å². The molecule has 0 aromatic rings. The van der Waals surface area contributed by atoms with Crippen LogP contribution in [0.5, 0.6) is 0 Å². The maximum atomic E-state index is 10.9. The van der Waals surface area contributed by atoms with Crippen molar-refractivity contribution < 1.29 is 4.79 Å². The number of rotatable bonds is 1. The van der Waals surface area contributed by atoms with E-state index < -0.39 is 0 Å². The number of carbonyl (C=O) groups is 1. The predicted molar refractivity (Wildman–Crippen MR) is 40.3 cm³/mol. The van der Waals surface area contributed by atoms with Gasteiger partial charge in [0.15, 0.2) is 0 Å². The number of carbonyl (C=O) groups excluding carboxylic acids is 1. The molecule has 58 valence electrons. The van der Waals surface area contributed by atoms with E-state index in [1.165, 1.54) is 0 Å². The molecule has 1 atom stereocenters. The summed E-state index contributed by atoms with van der Waals surface area (Å²) in [4.78, 5) is 12.9. The van der Waals surface area contributed by atoms with E-state index >= 15 is 0 Å². The number of piperidine rings is 1. The van der Waals surface area contributed by atoms with E-state index in [-0.39, 0.29) is 5.92 Å². The SMILES string of the molecule is [CH2-]N1CCCC(C(C)=O)C1. The van der Waals surface area contributed by atoms with Gasteiger partial charge in [-0.25, -0.2) is 0 Å². The summed E-state index contributed by atoms with van der Waals surface area (Å²) in [7, 11) is 3.81. The third-order valence-electron chi connectivity index (χ3n) is 2.08. The number of ketones is 1. The van der Waals surface area contributed by atoms with Gasteiger partial charge < -0.3 is 4.90 Å². The van der Waals surface area contributed by atoms with E-state index in [4.69, 9.17) is 0 Å². The summed E-state index contributed by atoms with van der Waals surface area (Å²) in [6.45, 7) is 3.57. The monoisotopic (exact) mass is 140 g/mol. The fourth-order valence-electron chi connectivity index (χ4n) is 1.39. The Labute approximate surface area is 62.2 Å². The van der Waals surface area contributed by atoms with Crippen molar-refractivity contribution in [1.29, 1.82) is 0 Å². The minimum Gasteiger partial charge on any atom is -0.459 e. The molecule has 0 bridgehead atoms. The van der Waals surface area contributed by atoms with Crippen LogP contribution in [0.1, 0.15) is 19.8 Å². The molecule has 1 saturated heterocycles. The molecule has 1 aliphatic rings. The second kappa shape index (κ2) is 3.15. The van der Waals surface area contributed by atoms with E-state index in [2.05, 4.69) is 7.05 Å². The molecule has 0 aromatic heterocycles. The summed E-state index contributed by atoms with van der Waals surface area (Å²) in [6.07, 6.45) is 2.18. The summed E-state index contributed by atoms with van der Waals surface area (Å²) >= 11 is 0. The molecule has 2 nitrogen and oxygen atoms in total. The lowest BCUT2D eigenvalue weighted by Gasteiger charge is -2.34. The molecule has 0 saturated carbocycles. The summed E-state index contributed by atoms with van der Waals surface area (Å²) < 4.78 is 0. The van der Waals surface area contributed by atoms with Gasteiger partial charge in [0.1, 0.15) is 5.78 Å². The van der Waals surface area contributed by atoms with Crippen LogP contribution < -0.4 is 0 Å². The maximum absolute atomic E-state index is 10.9. The Morgan fingerprint density at radius 1 is 1.70 bits per heavy atom. The average molecular weight is 140 g/mol. The van der Waals surface area contributed by atoms with Gasteiger partial charge in [-0.2, -0.15) is 0 Å². The van der Waals surface area contributed by atoms with Crippen molar-refractivity contribution in [2.24, 2.45) is 5.92 Å². The van der Waals surface area contributed by atoms with E-state index in [1.54, 1.807) is 6.92 Å². The Morgan fingerprint density at radius 2 is 2.40 bits per heavy atom. The zero-order chi connectivity index (χ0) is 7.56. The quantitative estimate of drug-likeness (QED) is 0.508. The van der Waals surface area contributed by atoms with Gasteiger partial charge in [0.25, 0.3) is 0 Å². The van der Waals surface area contributed by atoms with Gasteiger partial charge in [-0.05, 0) is 32.9 Å². The van der Waals surface area contributed by atoms with Crippen LogP contribution >= 0.6 is 0 Å². The smallest absolute Gasteiger partial charge is 0.134 e. The molecule has 2 heteroatoms. The highest BCUT2D eigenvalue weighted by molar-refractivity contribution is 5.78. The van der Waals surface area contributed by atoms with Gasteiger partial charge in [-0.15, -0.1) is 0 Å². The number of hydrogen-bond acceptors (Lipinski definition) is 2. The highest BCUT2D eigenvalue weighted by Gasteiger charge is 2.17. The van der Waals surface area contributed by atoms with Crippen LogP contribution in [0.4, 0.5) is 0 Å². The first kappa shape index (κ1) is 7.73. The molecule has 1 unspecified atom stereocenters. The van der Waals surface area contributed by atoms with Crippen molar-refractivity contribution in [2.75, 3.05) is 13.1 Å². The van der Waals surface area contributed by atoms with Crippen LogP contribution in [-0.4, -0.2) is 23.8 Å². The Bertz CT molecular complexity index is 133. The molecular weight excluding hydrogens is 126 g/mol. The number of hydrogen-bond donors (Lipinski definition) is 0. The number of likely N-dealkylation sites (tertiary alicyclic amines) is 1. The summed E-state index contributed by atoms with van der Waals surface area (Å²) in [5.41, 5.74) is 0. The van der Waals surface area contributed by atoms with Crippen molar-refractivity contribution in [3.05, 3.63) is 7.05 Å². The minimum absolute atomic E-state index is 0.256. The summed E-state index contributed by atoms with van der Waals surface area (Å²) in [5, 5.41) is 0. The molecule has 0 radical (unpaired) electrons. The molecular formula is C8H14NO-. The molecule has 0 aromatic carbocycles. The lowest BCUT2D eigenvalue weighted by Crippen LogP contribution is -2.33.